The highest BCUT2D eigenvalue weighted by molar-refractivity contribution is 7.71. The number of thiazole rings is 1. The van der Waals surface area contributed by atoms with Gasteiger partial charge in [-0.25, -0.2) is 4.98 Å². The zero-order valence-electron chi connectivity index (χ0n) is 15.7. The molecule has 8 heteroatoms. The molecule has 0 saturated heterocycles. The van der Waals surface area contributed by atoms with Crippen LogP contribution < -0.4 is 10.9 Å². The molecule has 6 nitrogen and oxygen atoms in total. The molecule has 29 heavy (non-hydrogen) atoms. The summed E-state index contributed by atoms with van der Waals surface area (Å²) in [4.78, 5) is 32.3. The van der Waals surface area contributed by atoms with Crippen LogP contribution in [0.1, 0.15) is 25.7 Å². The van der Waals surface area contributed by atoms with Crippen molar-refractivity contribution in [2.45, 2.75) is 32.2 Å². The van der Waals surface area contributed by atoms with Crippen LogP contribution in [-0.4, -0.2) is 20.4 Å². The third kappa shape index (κ3) is 4.44. The number of benzene rings is 2. The fourth-order valence-electron chi connectivity index (χ4n) is 3.24. The number of carbonyl (C=O) groups excluding carboxylic acids is 1. The molecule has 2 heterocycles. The Hall–Kier alpha value is -2.84. The van der Waals surface area contributed by atoms with Gasteiger partial charge in [-0.3, -0.25) is 14.2 Å². The van der Waals surface area contributed by atoms with Crippen LogP contribution >= 0.6 is 23.6 Å². The first-order chi connectivity index (χ1) is 14.1. The van der Waals surface area contributed by atoms with E-state index in [1.165, 1.54) is 11.3 Å². The number of aromatic amines is 1. The molecular formula is C21H20N4O2S2. The average molecular weight is 425 g/mol. The Morgan fingerprint density at radius 3 is 2.76 bits per heavy atom. The van der Waals surface area contributed by atoms with Gasteiger partial charge in [0.1, 0.15) is 0 Å². The predicted octanol–water partition coefficient (Wildman–Crippen LogP) is 4.87. The van der Waals surface area contributed by atoms with E-state index in [0.717, 1.165) is 35.0 Å². The maximum absolute atomic E-state index is 12.6. The summed E-state index contributed by atoms with van der Waals surface area (Å²) < 4.78 is 3.08. The number of anilines is 1. The van der Waals surface area contributed by atoms with Gasteiger partial charge in [-0.2, -0.15) is 0 Å². The molecule has 1 amide bonds. The van der Waals surface area contributed by atoms with E-state index in [1.807, 2.05) is 42.5 Å². The van der Waals surface area contributed by atoms with Crippen molar-refractivity contribution < 1.29 is 4.79 Å². The number of fused-ring (bicyclic) bond motifs is 2. The molecule has 0 spiro atoms. The van der Waals surface area contributed by atoms with Crippen LogP contribution in [0, 0.1) is 4.77 Å². The SMILES string of the molecule is O=C(CCCCCn1c(=S)[nH]c2ccccc2c1=O)Nc1nc2ccccc2s1. The van der Waals surface area contributed by atoms with Gasteiger partial charge >= 0.3 is 0 Å². The number of aromatic nitrogens is 3. The highest BCUT2D eigenvalue weighted by atomic mass is 32.1. The molecule has 0 atom stereocenters. The smallest absolute Gasteiger partial charge is 0.262 e. The van der Waals surface area contributed by atoms with Gasteiger partial charge in [-0.05, 0) is 49.3 Å². The molecule has 2 aromatic carbocycles. The van der Waals surface area contributed by atoms with E-state index >= 15 is 0 Å². The Labute approximate surface area is 176 Å². The van der Waals surface area contributed by atoms with Crippen molar-refractivity contribution in [3.05, 3.63) is 63.7 Å². The molecule has 4 aromatic rings. The number of nitrogens with one attached hydrogen (secondary N) is 2. The lowest BCUT2D eigenvalue weighted by atomic mass is 10.2. The molecule has 2 aromatic heterocycles. The molecule has 0 radical (unpaired) electrons. The number of unbranched alkanes of at least 4 members (excludes halogenated alkanes) is 2. The number of hydrogen-bond donors (Lipinski definition) is 2. The van der Waals surface area contributed by atoms with Crippen LogP contribution in [0.3, 0.4) is 0 Å². The highest BCUT2D eigenvalue weighted by Crippen LogP contribution is 2.25. The summed E-state index contributed by atoms with van der Waals surface area (Å²) in [6, 6.07) is 15.2. The van der Waals surface area contributed by atoms with Crippen LogP contribution in [0.2, 0.25) is 0 Å². The van der Waals surface area contributed by atoms with Gasteiger partial charge in [0.2, 0.25) is 5.91 Å². The first-order valence-corrected chi connectivity index (χ1v) is 10.7. The lowest BCUT2D eigenvalue weighted by Crippen LogP contribution is -2.22. The summed E-state index contributed by atoms with van der Waals surface area (Å²) >= 11 is 6.80. The average Bonchev–Trinajstić information content (AvgIpc) is 3.12. The van der Waals surface area contributed by atoms with Gasteiger partial charge < -0.3 is 10.3 Å². The van der Waals surface area contributed by atoms with E-state index in [-0.39, 0.29) is 11.5 Å². The summed E-state index contributed by atoms with van der Waals surface area (Å²) in [5, 5.41) is 4.14. The Morgan fingerprint density at radius 2 is 1.90 bits per heavy atom. The predicted molar refractivity (Wildman–Crippen MR) is 120 cm³/mol. The van der Waals surface area contributed by atoms with Gasteiger partial charge in [-0.15, -0.1) is 0 Å². The van der Waals surface area contributed by atoms with Gasteiger partial charge in [0, 0.05) is 13.0 Å². The van der Waals surface area contributed by atoms with E-state index in [2.05, 4.69) is 15.3 Å². The molecule has 4 rings (SSSR count). The van der Waals surface area contributed by atoms with Crippen molar-refractivity contribution >= 4 is 55.7 Å². The van der Waals surface area contributed by atoms with Crippen LogP contribution in [0.5, 0.6) is 0 Å². The Bertz CT molecular complexity index is 1260. The Morgan fingerprint density at radius 1 is 1.10 bits per heavy atom. The summed E-state index contributed by atoms with van der Waals surface area (Å²) in [5.74, 6) is -0.0378. The minimum atomic E-state index is -0.0714. The van der Waals surface area contributed by atoms with Crippen molar-refractivity contribution in [3.63, 3.8) is 0 Å². The first kappa shape index (κ1) is 19.5. The summed E-state index contributed by atoms with van der Waals surface area (Å²) in [5.41, 5.74) is 1.58. The Balaban J connectivity index is 1.28. The maximum atomic E-state index is 12.6. The summed E-state index contributed by atoms with van der Waals surface area (Å²) in [6.07, 6.45) is 2.79. The third-order valence-electron chi connectivity index (χ3n) is 4.72. The van der Waals surface area contributed by atoms with E-state index in [1.54, 1.807) is 10.6 Å². The minimum absolute atomic E-state index is 0.0378. The molecule has 0 fully saturated rings. The fourth-order valence-corrected chi connectivity index (χ4v) is 4.41. The third-order valence-corrected chi connectivity index (χ3v) is 5.99. The van der Waals surface area contributed by atoms with E-state index in [9.17, 15) is 9.59 Å². The maximum Gasteiger partial charge on any atom is 0.262 e. The molecule has 0 aliphatic heterocycles. The molecular weight excluding hydrogens is 404 g/mol. The molecule has 2 N–H and O–H groups in total. The standard InChI is InChI=1S/C21H20N4O2S2/c26-18(24-20-22-16-10-5-6-11-17(16)29-20)12-2-1-7-13-25-19(27)14-8-3-4-9-15(14)23-21(25)28/h3-6,8-11H,1-2,7,12-13H2,(H,23,28)(H,22,24,26). The number of para-hydroxylation sites is 2. The van der Waals surface area contributed by atoms with Crippen molar-refractivity contribution in [2.24, 2.45) is 0 Å². The monoisotopic (exact) mass is 424 g/mol. The quantitative estimate of drug-likeness (QED) is 0.328. The largest absolute Gasteiger partial charge is 0.332 e. The minimum Gasteiger partial charge on any atom is -0.332 e. The van der Waals surface area contributed by atoms with Crippen LogP contribution in [0.25, 0.3) is 21.1 Å². The van der Waals surface area contributed by atoms with Crippen LogP contribution in [-0.2, 0) is 11.3 Å². The normalized spacial score (nSPS) is 11.2. The van der Waals surface area contributed by atoms with E-state index < -0.39 is 0 Å². The van der Waals surface area contributed by atoms with E-state index in [4.69, 9.17) is 12.2 Å². The van der Waals surface area contributed by atoms with Gasteiger partial charge in [0.15, 0.2) is 9.90 Å². The molecule has 0 unspecified atom stereocenters. The molecule has 0 aliphatic rings. The van der Waals surface area contributed by atoms with Crippen molar-refractivity contribution in [3.8, 4) is 0 Å². The summed E-state index contributed by atoms with van der Waals surface area (Å²) in [7, 11) is 0. The fraction of sp³-hybridized carbons (Fsp3) is 0.238. The van der Waals surface area contributed by atoms with Crippen molar-refractivity contribution in [1.29, 1.82) is 0 Å². The number of nitrogens with zero attached hydrogens (tertiary/aromatic N) is 2. The highest BCUT2D eigenvalue weighted by Gasteiger charge is 2.08. The molecule has 0 bridgehead atoms. The second-order valence-corrected chi connectivity index (χ2v) is 8.20. The summed E-state index contributed by atoms with van der Waals surface area (Å²) in [6.45, 7) is 0.540. The molecule has 0 saturated carbocycles. The number of H-pyrrole nitrogens is 1. The van der Waals surface area contributed by atoms with Gasteiger partial charge in [0.05, 0.1) is 21.1 Å². The van der Waals surface area contributed by atoms with Gasteiger partial charge in [0.25, 0.3) is 5.56 Å². The second-order valence-electron chi connectivity index (χ2n) is 6.78. The van der Waals surface area contributed by atoms with Crippen LogP contribution in [0.15, 0.2) is 53.3 Å². The topological polar surface area (TPSA) is 79.8 Å². The van der Waals surface area contributed by atoms with Crippen molar-refractivity contribution in [1.82, 2.24) is 14.5 Å². The molecule has 0 aliphatic carbocycles. The van der Waals surface area contributed by atoms with Gasteiger partial charge in [-0.1, -0.05) is 42.0 Å². The molecule has 148 valence electrons. The number of amides is 1. The number of rotatable bonds is 7. The van der Waals surface area contributed by atoms with Crippen LogP contribution in [0.4, 0.5) is 5.13 Å². The van der Waals surface area contributed by atoms with E-state index in [0.29, 0.717) is 28.3 Å². The zero-order chi connectivity index (χ0) is 20.2. The number of carbonyl (C=O) groups is 1. The second kappa shape index (κ2) is 8.67. The lowest BCUT2D eigenvalue weighted by Gasteiger charge is -2.08. The lowest BCUT2D eigenvalue weighted by molar-refractivity contribution is -0.116. The van der Waals surface area contributed by atoms with Crippen molar-refractivity contribution in [2.75, 3.05) is 5.32 Å². The zero-order valence-corrected chi connectivity index (χ0v) is 17.3. The number of hydrogen-bond acceptors (Lipinski definition) is 5. The Kier molecular flexibility index (Phi) is 5.82. The first-order valence-electron chi connectivity index (χ1n) is 9.49.